The standard InChI is InChI=1S/C22H27ClN2O6/c1-6-8-31-20-16(23)9-14(10-19(20)30-7-2)13-24-25-22(26)15-11-17(27-3)21(29-5)18(12-15)28-4/h9-13H,6-8H2,1-5H3,(H,25,26)/b24-13+. The molecule has 0 radical (unpaired) electrons. The van der Waals surface area contributed by atoms with Crippen molar-refractivity contribution in [3.8, 4) is 28.7 Å². The Bertz CT molecular complexity index is 907. The third-order valence-corrected chi connectivity index (χ3v) is 4.37. The number of hydrogen-bond acceptors (Lipinski definition) is 7. The number of halogens is 1. The molecule has 0 saturated heterocycles. The summed E-state index contributed by atoms with van der Waals surface area (Å²) in [5.74, 6) is 1.69. The first-order valence-corrected chi connectivity index (χ1v) is 10.1. The van der Waals surface area contributed by atoms with E-state index >= 15 is 0 Å². The molecular weight excluding hydrogens is 424 g/mol. The van der Waals surface area contributed by atoms with E-state index in [4.69, 9.17) is 35.3 Å². The third kappa shape index (κ3) is 6.18. The number of carbonyl (C=O) groups excluding carboxylic acids is 1. The Hall–Kier alpha value is -3.13. The average molecular weight is 451 g/mol. The van der Waals surface area contributed by atoms with Gasteiger partial charge in [0.2, 0.25) is 5.75 Å². The largest absolute Gasteiger partial charge is 0.493 e. The maximum Gasteiger partial charge on any atom is 0.271 e. The highest BCUT2D eigenvalue weighted by Crippen LogP contribution is 2.38. The van der Waals surface area contributed by atoms with Crippen LogP contribution < -0.4 is 29.1 Å². The van der Waals surface area contributed by atoms with E-state index in [1.165, 1.54) is 39.7 Å². The second-order valence-corrected chi connectivity index (χ2v) is 6.63. The molecule has 1 amide bonds. The molecule has 2 aromatic rings. The van der Waals surface area contributed by atoms with E-state index in [0.29, 0.717) is 58.1 Å². The van der Waals surface area contributed by atoms with Gasteiger partial charge in [-0.3, -0.25) is 4.79 Å². The lowest BCUT2D eigenvalue weighted by molar-refractivity contribution is 0.0954. The molecule has 0 atom stereocenters. The minimum absolute atomic E-state index is 0.294. The van der Waals surface area contributed by atoms with Crippen molar-refractivity contribution in [1.29, 1.82) is 0 Å². The molecule has 8 nitrogen and oxygen atoms in total. The molecule has 1 N–H and O–H groups in total. The molecule has 168 valence electrons. The van der Waals surface area contributed by atoms with Gasteiger partial charge in [-0.25, -0.2) is 5.43 Å². The molecule has 0 aliphatic heterocycles. The summed E-state index contributed by atoms with van der Waals surface area (Å²) in [4.78, 5) is 12.5. The van der Waals surface area contributed by atoms with Crippen molar-refractivity contribution in [2.45, 2.75) is 20.3 Å². The van der Waals surface area contributed by atoms with E-state index in [0.717, 1.165) is 6.42 Å². The maximum absolute atomic E-state index is 12.5. The molecule has 0 aromatic heterocycles. The number of carbonyl (C=O) groups is 1. The molecule has 9 heteroatoms. The van der Waals surface area contributed by atoms with Crippen LogP contribution in [0.1, 0.15) is 36.2 Å². The van der Waals surface area contributed by atoms with E-state index in [1.54, 1.807) is 12.1 Å². The van der Waals surface area contributed by atoms with Crippen LogP contribution in [0.4, 0.5) is 0 Å². The zero-order valence-corrected chi connectivity index (χ0v) is 19.0. The van der Waals surface area contributed by atoms with Gasteiger partial charge in [0.1, 0.15) is 0 Å². The number of benzene rings is 2. The Morgan fingerprint density at radius 1 is 0.968 bits per heavy atom. The quantitative estimate of drug-likeness (QED) is 0.405. The van der Waals surface area contributed by atoms with E-state index < -0.39 is 5.91 Å². The van der Waals surface area contributed by atoms with Gasteiger partial charge in [-0.2, -0.15) is 5.10 Å². The minimum Gasteiger partial charge on any atom is -0.493 e. The number of nitrogens with one attached hydrogen (secondary N) is 1. The Morgan fingerprint density at radius 3 is 2.19 bits per heavy atom. The predicted molar refractivity (Wildman–Crippen MR) is 120 cm³/mol. The first-order chi connectivity index (χ1) is 15.0. The maximum atomic E-state index is 12.5. The molecular formula is C22H27ClN2O6. The SMILES string of the molecule is CCCOc1c(Cl)cc(/C=N/NC(=O)c2cc(OC)c(OC)c(OC)c2)cc1OCC. The lowest BCUT2D eigenvalue weighted by Crippen LogP contribution is -2.18. The number of nitrogens with zero attached hydrogens (tertiary/aromatic N) is 1. The van der Waals surface area contributed by atoms with Crippen LogP contribution in [0.2, 0.25) is 5.02 Å². The van der Waals surface area contributed by atoms with Crippen LogP contribution in [0.3, 0.4) is 0 Å². The Labute approximate surface area is 187 Å². The first-order valence-electron chi connectivity index (χ1n) is 9.71. The molecule has 0 aliphatic rings. The van der Waals surface area contributed by atoms with Gasteiger partial charge >= 0.3 is 0 Å². The second kappa shape index (κ2) is 11.9. The van der Waals surface area contributed by atoms with Crippen molar-refractivity contribution in [2.24, 2.45) is 5.10 Å². The molecule has 2 rings (SSSR count). The summed E-state index contributed by atoms with van der Waals surface area (Å²) in [5, 5.41) is 4.41. The van der Waals surface area contributed by atoms with Gasteiger partial charge in [-0.05, 0) is 43.2 Å². The molecule has 0 unspecified atom stereocenters. The van der Waals surface area contributed by atoms with Crippen molar-refractivity contribution >= 4 is 23.7 Å². The van der Waals surface area contributed by atoms with E-state index in [9.17, 15) is 4.79 Å². The van der Waals surface area contributed by atoms with E-state index in [1.807, 2.05) is 13.8 Å². The highest BCUT2D eigenvalue weighted by atomic mass is 35.5. The average Bonchev–Trinajstić information content (AvgIpc) is 2.77. The number of hydrazone groups is 1. The number of rotatable bonds is 11. The fourth-order valence-electron chi connectivity index (χ4n) is 2.71. The normalized spacial score (nSPS) is 10.6. The predicted octanol–water partition coefficient (Wildman–Crippen LogP) is 4.32. The van der Waals surface area contributed by atoms with Gasteiger partial charge < -0.3 is 23.7 Å². The number of methoxy groups -OCH3 is 3. The summed E-state index contributed by atoms with van der Waals surface area (Å²) in [5.41, 5.74) is 3.41. The van der Waals surface area contributed by atoms with Crippen molar-refractivity contribution in [2.75, 3.05) is 34.5 Å². The van der Waals surface area contributed by atoms with Crippen LogP contribution >= 0.6 is 11.6 Å². The Kier molecular flexibility index (Phi) is 9.27. The summed E-state index contributed by atoms with van der Waals surface area (Å²) in [6.45, 7) is 4.86. The summed E-state index contributed by atoms with van der Waals surface area (Å²) < 4.78 is 27.1. The Balaban J connectivity index is 2.21. The van der Waals surface area contributed by atoms with Crippen LogP contribution in [0.15, 0.2) is 29.4 Å². The Morgan fingerprint density at radius 2 is 1.65 bits per heavy atom. The van der Waals surface area contributed by atoms with E-state index in [2.05, 4.69) is 10.5 Å². The lowest BCUT2D eigenvalue weighted by Gasteiger charge is -2.14. The molecule has 0 aliphatic carbocycles. The lowest BCUT2D eigenvalue weighted by atomic mass is 10.1. The second-order valence-electron chi connectivity index (χ2n) is 6.22. The molecule has 2 aromatic carbocycles. The molecule has 0 fully saturated rings. The molecule has 0 spiro atoms. The third-order valence-electron chi connectivity index (χ3n) is 4.09. The van der Waals surface area contributed by atoms with Crippen molar-refractivity contribution in [3.05, 3.63) is 40.4 Å². The minimum atomic E-state index is -0.450. The number of amides is 1. The van der Waals surface area contributed by atoms with Gasteiger partial charge in [-0.15, -0.1) is 0 Å². The zero-order chi connectivity index (χ0) is 22.8. The summed E-state index contributed by atoms with van der Waals surface area (Å²) in [6, 6.07) is 6.51. The summed E-state index contributed by atoms with van der Waals surface area (Å²) >= 11 is 6.35. The van der Waals surface area contributed by atoms with Gasteiger partial charge in [0.25, 0.3) is 5.91 Å². The van der Waals surface area contributed by atoms with Crippen LogP contribution in [-0.4, -0.2) is 46.7 Å². The highest BCUT2D eigenvalue weighted by molar-refractivity contribution is 6.32. The molecule has 0 saturated carbocycles. The first kappa shape index (κ1) is 24.1. The van der Waals surface area contributed by atoms with Crippen molar-refractivity contribution < 1.29 is 28.5 Å². The highest BCUT2D eigenvalue weighted by Gasteiger charge is 2.17. The van der Waals surface area contributed by atoms with E-state index in [-0.39, 0.29) is 0 Å². The molecule has 31 heavy (non-hydrogen) atoms. The topological polar surface area (TPSA) is 87.6 Å². The van der Waals surface area contributed by atoms with Crippen LogP contribution in [-0.2, 0) is 0 Å². The fourth-order valence-corrected chi connectivity index (χ4v) is 2.99. The summed E-state index contributed by atoms with van der Waals surface area (Å²) in [7, 11) is 4.44. The van der Waals surface area contributed by atoms with Crippen LogP contribution in [0, 0.1) is 0 Å². The zero-order valence-electron chi connectivity index (χ0n) is 18.3. The smallest absolute Gasteiger partial charge is 0.271 e. The number of ether oxygens (including phenoxy) is 5. The summed E-state index contributed by atoms with van der Waals surface area (Å²) in [6.07, 6.45) is 2.31. The van der Waals surface area contributed by atoms with Crippen molar-refractivity contribution in [1.82, 2.24) is 5.43 Å². The van der Waals surface area contributed by atoms with Gasteiger partial charge in [0.15, 0.2) is 23.0 Å². The van der Waals surface area contributed by atoms with Crippen LogP contribution in [0.5, 0.6) is 28.7 Å². The number of hydrogen-bond donors (Lipinski definition) is 1. The van der Waals surface area contributed by atoms with Crippen molar-refractivity contribution in [3.63, 3.8) is 0 Å². The van der Waals surface area contributed by atoms with Gasteiger partial charge in [-0.1, -0.05) is 18.5 Å². The van der Waals surface area contributed by atoms with Crippen LogP contribution in [0.25, 0.3) is 0 Å². The molecule has 0 heterocycles. The monoisotopic (exact) mass is 450 g/mol. The van der Waals surface area contributed by atoms with Gasteiger partial charge in [0.05, 0.1) is 45.8 Å². The fraction of sp³-hybridized carbons (Fsp3) is 0.364. The van der Waals surface area contributed by atoms with Gasteiger partial charge in [0, 0.05) is 5.56 Å². The molecule has 0 bridgehead atoms.